The number of nitrogen functional groups attached to an aromatic ring is 1. The molecule has 0 bridgehead atoms. The van der Waals surface area contributed by atoms with Gasteiger partial charge >= 0.3 is 0 Å². The van der Waals surface area contributed by atoms with Crippen molar-refractivity contribution in [3.8, 4) is 11.5 Å². The Morgan fingerprint density at radius 2 is 1.70 bits per heavy atom. The molecule has 23 heavy (non-hydrogen) atoms. The van der Waals surface area contributed by atoms with Crippen LogP contribution in [0, 0.1) is 0 Å². The molecule has 118 valence electrons. The molecule has 5 heteroatoms. The highest BCUT2D eigenvalue weighted by atomic mass is 35.5. The first-order valence-electron chi connectivity index (χ1n) is 7.17. The van der Waals surface area contributed by atoms with Crippen molar-refractivity contribution in [3.63, 3.8) is 0 Å². The molecule has 0 saturated heterocycles. The molecule has 0 aliphatic rings. The quantitative estimate of drug-likeness (QED) is 0.784. The minimum absolute atomic E-state index is 0.457. The number of hydrogen-bond acceptors (Lipinski definition) is 4. The van der Waals surface area contributed by atoms with Gasteiger partial charge in [0.05, 0.1) is 24.8 Å². The molecule has 4 nitrogen and oxygen atoms in total. The van der Waals surface area contributed by atoms with Gasteiger partial charge in [-0.05, 0) is 29.8 Å². The second kappa shape index (κ2) is 6.34. The minimum Gasteiger partial charge on any atom is -0.496 e. The summed E-state index contributed by atoms with van der Waals surface area (Å²) in [5, 5.41) is 1.55. The Morgan fingerprint density at radius 1 is 1.04 bits per heavy atom. The second-order valence-corrected chi connectivity index (χ2v) is 5.57. The zero-order chi connectivity index (χ0) is 16.4. The van der Waals surface area contributed by atoms with Crippen molar-refractivity contribution in [3.05, 3.63) is 58.6 Å². The monoisotopic (exact) mass is 328 g/mol. The molecule has 1 heterocycles. The summed E-state index contributed by atoms with van der Waals surface area (Å²) in [5.74, 6) is 1.98. The second-order valence-electron chi connectivity index (χ2n) is 5.16. The number of fused-ring (bicyclic) bond motifs is 1. The van der Waals surface area contributed by atoms with E-state index in [1.165, 1.54) is 0 Å². The van der Waals surface area contributed by atoms with E-state index in [2.05, 4.69) is 4.98 Å². The van der Waals surface area contributed by atoms with Gasteiger partial charge in [0.25, 0.3) is 0 Å². The summed E-state index contributed by atoms with van der Waals surface area (Å²) in [6.45, 7) is 0. The highest BCUT2D eigenvalue weighted by Gasteiger charge is 2.14. The molecule has 3 aromatic rings. The third kappa shape index (κ3) is 2.90. The number of methoxy groups -OCH3 is 2. The summed E-state index contributed by atoms with van der Waals surface area (Å²) in [4.78, 5) is 4.45. The van der Waals surface area contributed by atoms with Gasteiger partial charge in [-0.3, -0.25) is 0 Å². The molecule has 0 aliphatic carbocycles. The van der Waals surface area contributed by atoms with Gasteiger partial charge in [-0.2, -0.15) is 0 Å². The predicted octanol–water partition coefficient (Wildman–Crippen LogP) is 4.08. The van der Waals surface area contributed by atoms with E-state index in [-0.39, 0.29) is 0 Å². The maximum Gasteiger partial charge on any atom is 0.127 e. The maximum atomic E-state index is 6.18. The fourth-order valence-corrected chi connectivity index (χ4v) is 2.88. The van der Waals surface area contributed by atoms with Crippen LogP contribution in [0.3, 0.4) is 0 Å². The van der Waals surface area contributed by atoms with Gasteiger partial charge in [-0.15, -0.1) is 0 Å². The van der Waals surface area contributed by atoms with Gasteiger partial charge in [0, 0.05) is 17.4 Å². The average Bonchev–Trinajstić information content (AvgIpc) is 2.56. The van der Waals surface area contributed by atoms with E-state index in [4.69, 9.17) is 26.8 Å². The molecule has 1 aromatic heterocycles. The van der Waals surface area contributed by atoms with Crippen molar-refractivity contribution in [1.82, 2.24) is 4.98 Å². The lowest BCUT2D eigenvalue weighted by Gasteiger charge is -2.14. The standard InChI is InChI=1S/C18H17ClN2O2/c1-22-15-7-4-8-16(23-2)13(15)10-12-9-11-5-3-6-14(19)17(11)21-18(12)20/h3-9H,10H2,1-2H3,(H2,20,21). The first kappa shape index (κ1) is 15.4. The number of para-hydroxylation sites is 1. The Bertz CT molecular complexity index is 843. The van der Waals surface area contributed by atoms with Gasteiger partial charge in [-0.1, -0.05) is 29.8 Å². The van der Waals surface area contributed by atoms with Gasteiger partial charge in [-0.25, -0.2) is 4.98 Å². The Hall–Kier alpha value is -2.46. The van der Waals surface area contributed by atoms with Gasteiger partial charge in [0.15, 0.2) is 0 Å². The maximum absolute atomic E-state index is 6.18. The van der Waals surface area contributed by atoms with Gasteiger partial charge < -0.3 is 15.2 Å². The van der Waals surface area contributed by atoms with Crippen LogP contribution in [0.2, 0.25) is 5.02 Å². The van der Waals surface area contributed by atoms with Crippen molar-refractivity contribution in [2.45, 2.75) is 6.42 Å². The lowest BCUT2D eigenvalue weighted by atomic mass is 10.0. The molecule has 0 unspecified atom stereocenters. The number of pyridine rings is 1. The highest BCUT2D eigenvalue weighted by Crippen LogP contribution is 2.33. The minimum atomic E-state index is 0.457. The number of anilines is 1. The van der Waals surface area contributed by atoms with Crippen LogP contribution in [-0.4, -0.2) is 19.2 Å². The van der Waals surface area contributed by atoms with E-state index in [9.17, 15) is 0 Å². The van der Waals surface area contributed by atoms with E-state index in [1.54, 1.807) is 20.3 Å². The van der Waals surface area contributed by atoms with Crippen LogP contribution in [-0.2, 0) is 6.42 Å². The molecule has 3 rings (SSSR count). The van der Waals surface area contributed by atoms with Crippen LogP contribution in [0.5, 0.6) is 11.5 Å². The van der Waals surface area contributed by atoms with Crippen LogP contribution in [0.15, 0.2) is 42.5 Å². The molecule has 0 aliphatic heterocycles. The van der Waals surface area contributed by atoms with Crippen molar-refractivity contribution >= 4 is 28.3 Å². The van der Waals surface area contributed by atoms with Crippen molar-refractivity contribution in [2.24, 2.45) is 0 Å². The Labute approximate surface area is 139 Å². The summed E-state index contributed by atoms with van der Waals surface area (Å²) >= 11 is 6.18. The largest absolute Gasteiger partial charge is 0.496 e. The lowest BCUT2D eigenvalue weighted by molar-refractivity contribution is 0.387. The zero-order valence-corrected chi connectivity index (χ0v) is 13.7. The lowest BCUT2D eigenvalue weighted by Crippen LogP contribution is -2.03. The average molecular weight is 329 g/mol. The van der Waals surface area contributed by atoms with Crippen LogP contribution >= 0.6 is 11.6 Å². The third-order valence-electron chi connectivity index (χ3n) is 3.81. The number of hydrogen-bond donors (Lipinski definition) is 1. The van der Waals surface area contributed by atoms with Crippen molar-refractivity contribution in [2.75, 3.05) is 20.0 Å². The van der Waals surface area contributed by atoms with Gasteiger partial charge in [0.1, 0.15) is 17.3 Å². The first-order valence-corrected chi connectivity index (χ1v) is 7.55. The Balaban J connectivity index is 2.11. The van der Waals surface area contributed by atoms with E-state index >= 15 is 0 Å². The number of rotatable bonds is 4. The number of nitrogens with two attached hydrogens (primary N) is 1. The summed E-state index contributed by atoms with van der Waals surface area (Å²) in [7, 11) is 3.28. The fraction of sp³-hybridized carbons (Fsp3) is 0.167. The van der Waals surface area contributed by atoms with Crippen LogP contribution < -0.4 is 15.2 Å². The number of nitrogens with zero attached hydrogens (tertiary/aromatic N) is 1. The first-order chi connectivity index (χ1) is 11.1. The van der Waals surface area contributed by atoms with Crippen LogP contribution in [0.4, 0.5) is 5.82 Å². The van der Waals surface area contributed by atoms with E-state index in [0.29, 0.717) is 22.8 Å². The molecule has 0 amide bonds. The van der Waals surface area contributed by atoms with E-state index in [1.807, 2.05) is 36.4 Å². The van der Waals surface area contributed by atoms with E-state index < -0.39 is 0 Å². The molecule has 0 saturated carbocycles. The summed E-state index contributed by atoms with van der Waals surface area (Å²) in [6, 6.07) is 13.4. The molecule has 0 atom stereocenters. The normalized spacial score (nSPS) is 10.7. The molecular weight excluding hydrogens is 312 g/mol. The molecular formula is C18H17ClN2O2. The van der Waals surface area contributed by atoms with Crippen molar-refractivity contribution < 1.29 is 9.47 Å². The topological polar surface area (TPSA) is 57.4 Å². The summed E-state index contributed by atoms with van der Waals surface area (Å²) in [6.07, 6.45) is 0.564. The van der Waals surface area contributed by atoms with Crippen molar-refractivity contribution in [1.29, 1.82) is 0 Å². The number of aromatic nitrogens is 1. The highest BCUT2D eigenvalue weighted by molar-refractivity contribution is 6.35. The van der Waals surface area contributed by atoms with Gasteiger partial charge in [0.2, 0.25) is 0 Å². The molecule has 2 aromatic carbocycles. The smallest absolute Gasteiger partial charge is 0.127 e. The summed E-state index contributed by atoms with van der Waals surface area (Å²) in [5.41, 5.74) is 8.69. The molecule has 0 spiro atoms. The molecule has 0 radical (unpaired) electrons. The van der Waals surface area contributed by atoms with E-state index in [0.717, 1.165) is 28.0 Å². The third-order valence-corrected chi connectivity index (χ3v) is 4.11. The number of benzene rings is 2. The van der Waals surface area contributed by atoms with Crippen LogP contribution in [0.25, 0.3) is 10.9 Å². The summed E-state index contributed by atoms with van der Waals surface area (Å²) < 4.78 is 10.9. The Morgan fingerprint density at radius 3 is 2.35 bits per heavy atom. The predicted molar refractivity (Wildman–Crippen MR) is 93.5 cm³/mol. The Kier molecular flexibility index (Phi) is 4.26. The van der Waals surface area contributed by atoms with Crippen LogP contribution in [0.1, 0.15) is 11.1 Å². The molecule has 2 N–H and O–H groups in total. The molecule has 0 fully saturated rings. The zero-order valence-electron chi connectivity index (χ0n) is 13.0. The number of halogens is 1. The SMILES string of the molecule is COc1cccc(OC)c1Cc1cc2cccc(Cl)c2nc1N. The fourth-order valence-electron chi connectivity index (χ4n) is 2.65. The number of ether oxygens (including phenoxy) is 2.